The van der Waals surface area contributed by atoms with E-state index in [-0.39, 0.29) is 15.5 Å². The SMILES string of the molecule is CN(c1ccc(Cl)c(C(=O)Nc2cccc(Cl)c2)c1)S(=O)(=O)c1ccccc1. The monoisotopic (exact) mass is 434 g/mol. The molecule has 1 amide bonds. The third kappa shape index (κ3) is 4.30. The molecule has 8 heteroatoms. The largest absolute Gasteiger partial charge is 0.322 e. The molecule has 0 bridgehead atoms. The summed E-state index contributed by atoms with van der Waals surface area (Å²) >= 11 is 12.1. The molecule has 0 spiro atoms. The first-order valence-corrected chi connectivity index (χ1v) is 10.4. The molecule has 1 N–H and O–H groups in total. The second-order valence-corrected chi connectivity index (χ2v) is 8.73. The summed E-state index contributed by atoms with van der Waals surface area (Å²) in [6.45, 7) is 0. The van der Waals surface area contributed by atoms with Crippen molar-refractivity contribution in [3.63, 3.8) is 0 Å². The van der Waals surface area contributed by atoms with Crippen LogP contribution in [0.2, 0.25) is 10.0 Å². The van der Waals surface area contributed by atoms with Gasteiger partial charge in [0.15, 0.2) is 0 Å². The number of nitrogens with one attached hydrogen (secondary N) is 1. The number of hydrogen-bond acceptors (Lipinski definition) is 3. The zero-order valence-electron chi connectivity index (χ0n) is 14.8. The Bertz CT molecular complexity index is 1120. The summed E-state index contributed by atoms with van der Waals surface area (Å²) in [6, 6.07) is 19.2. The van der Waals surface area contributed by atoms with Crippen LogP contribution in [0.1, 0.15) is 10.4 Å². The minimum Gasteiger partial charge on any atom is -0.322 e. The molecule has 0 aromatic heterocycles. The lowest BCUT2D eigenvalue weighted by Crippen LogP contribution is -2.27. The van der Waals surface area contributed by atoms with Gasteiger partial charge in [0.05, 0.1) is 21.2 Å². The minimum absolute atomic E-state index is 0.147. The van der Waals surface area contributed by atoms with Crippen LogP contribution in [-0.4, -0.2) is 21.4 Å². The van der Waals surface area contributed by atoms with E-state index in [0.29, 0.717) is 16.4 Å². The highest BCUT2D eigenvalue weighted by atomic mass is 35.5. The number of rotatable bonds is 5. The van der Waals surface area contributed by atoms with Gasteiger partial charge in [-0.1, -0.05) is 47.5 Å². The Balaban J connectivity index is 1.92. The van der Waals surface area contributed by atoms with Crippen molar-refractivity contribution in [2.24, 2.45) is 0 Å². The molecule has 0 aliphatic heterocycles. The summed E-state index contributed by atoms with van der Waals surface area (Å²) in [4.78, 5) is 12.8. The van der Waals surface area contributed by atoms with E-state index in [1.54, 1.807) is 48.5 Å². The van der Waals surface area contributed by atoms with Crippen molar-refractivity contribution in [1.29, 1.82) is 0 Å². The van der Waals surface area contributed by atoms with E-state index < -0.39 is 15.9 Å². The van der Waals surface area contributed by atoms with Gasteiger partial charge in [-0.05, 0) is 48.5 Å². The Labute approximate surface area is 173 Å². The van der Waals surface area contributed by atoms with Gasteiger partial charge in [0.25, 0.3) is 15.9 Å². The predicted octanol–water partition coefficient (Wildman–Crippen LogP) is 5.07. The molecular formula is C20H16Cl2N2O3S. The van der Waals surface area contributed by atoms with Gasteiger partial charge in [0.1, 0.15) is 0 Å². The number of hydrogen-bond donors (Lipinski definition) is 1. The highest BCUT2D eigenvalue weighted by molar-refractivity contribution is 7.92. The second kappa shape index (κ2) is 8.22. The van der Waals surface area contributed by atoms with Gasteiger partial charge in [0, 0.05) is 17.8 Å². The zero-order valence-corrected chi connectivity index (χ0v) is 17.1. The fourth-order valence-corrected chi connectivity index (χ4v) is 4.14. The van der Waals surface area contributed by atoms with E-state index in [0.717, 1.165) is 4.31 Å². The molecule has 0 radical (unpaired) electrons. The molecule has 0 saturated heterocycles. The standard InChI is InChI=1S/C20H16Cl2N2O3S/c1-24(28(26,27)17-8-3-2-4-9-17)16-10-11-19(22)18(13-16)20(25)23-15-7-5-6-14(21)12-15/h2-13H,1H3,(H,23,25). The molecule has 0 atom stereocenters. The highest BCUT2D eigenvalue weighted by Gasteiger charge is 2.22. The average Bonchev–Trinajstić information content (AvgIpc) is 2.68. The molecule has 0 aliphatic carbocycles. The van der Waals surface area contributed by atoms with Crippen LogP contribution in [0.3, 0.4) is 0 Å². The summed E-state index contributed by atoms with van der Waals surface area (Å²) < 4.78 is 26.7. The van der Waals surface area contributed by atoms with E-state index in [1.807, 2.05) is 0 Å². The number of benzene rings is 3. The van der Waals surface area contributed by atoms with Crippen molar-refractivity contribution in [1.82, 2.24) is 0 Å². The summed E-state index contributed by atoms with van der Waals surface area (Å²) in [5.74, 6) is -0.473. The Morgan fingerprint density at radius 1 is 0.929 bits per heavy atom. The molecule has 0 fully saturated rings. The van der Waals surface area contributed by atoms with E-state index in [9.17, 15) is 13.2 Å². The van der Waals surface area contributed by atoms with Gasteiger partial charge in [-0.25, -0.2) is 8.42 Å². The zero-order chi connectivity index (χ0) is 20.3. The maximum Gasteiger partial charge on any atom is 0.264 e. The maximum atomic E-state index is 12.8. The van der Waals surface area contributed by atoms with Crippen LogP contribution in [-0.2, 0) is 10.0 Å². The van der Waals surface area contributed by atoms with E-state index in [4.69, 9.17) is 23.2 Å². The quantitative estimate of drug-likeness (QED) is 0.609. The van der Waals surface area contributed by atoms with Crippen LogP contribution < -0.4 is 9.62 Å². The number of nitrogens with zero attached hydrogens (tertiary/aromatic N) is 1. The Morgan fingerprint density at radius 3 is 2.32 bits per heavy atom. The fraction of sp³-hybridized carbons (Fsp3) is 0.0500. The Morgan fingerprint density at radius 2 is 1.64 bits per heavy atom. The lowest BCUT2D eigenvalue weighted by Gasteiger charge is -2.20. The van der Waals surface area contributed by atoms with Crippen molar-refractivity contribution in [3.8, 4) is 0 Å². The van der Waals surface area contributed by atoms with Crippen molar-refractivity contribution < 1.29 is 13.2 Å². The molecule has 0 saturated carbocycles. The minimum atomic E-state index is -3.77. The van der Waals surface area contributed by atoms with Gasteiger partial charge < -0.3 is 5.32 Å². The lowest BCUT2D eigenvalue weighted by molar-refractivity contribution is 0.102. The summed E-state index contributed by atoms with van der Waals surface area (Å²) in [6.07, 6.45) is 0. The van der Waals surface area contributed by atoms with Crippen LogP contribution in [0.15, 0.2) is 77.7 Å². The van der Waals surface area contributed by atoms with E-state index in [1.165, 1.54) is 31.3 Å². The van der Waals surface area contributed by atoms with Crippen molar-refractivity contribution in [2.75, 3.05) is 16.7 Å². The first kappa shape index (κ1) is 20.2. The van der Waals surface area contributed by atoms with Gasteiger partial charge >= 0.3 is 0 Å². The molecule has 144 valence electrons. The molecule has 0 heterocycles. The van der Waals surface area contributed by atoms with Crippen molar-refractivity contribution in [3.05, 3.63) is 88.4 Å². The van der Waals surface area contributed by atoms with Crippen LogP contribution in [0.5, 0.6) is 0 Å². The third-order valence-corrected chi connectivity index (χ3v) is 6.41. The first-order chi connectivity index (χ1) is 13.3. The molecular weight excluding hydrogens is 419 g/mol. The van der Waals surface area contributed by atoms with Gasteiger partial charge in [-0.3, -0.25) is 9.10 Å². The Kier molecular flexibility index (Phi) is 5.93. The summed E-state index contributed by atoms with van der Waals surface area (Å²) in [5, 5.41) is 3.38. The number of halogens is 2. The molecule has 3 aromatic rings. The lowest BCUT2D eigenvalue weighted by atomic mass is 10.1. The molecule has 5 nitrogen and oxygen atoms in total. The molecule has 0 aliphatic rings. The van der Waals surface area contributed by atoms with E-state index in [2.05, 4.69) is 5.32 Å². The number of sulfonamides is 1. The predicted molar refractivity (Wildman–Crippen MR) is 113 cm³/mol. The van der Waals surface area contributed by atoms with Gasteiger partial charge in [-0.15, -0.1) is 0 Å². The number of anilines is 2. The molecule has 3 aromatic carbocycles. The van der Waals surface area contributed by atoms with Crippen LogP contribution >= 0.6 is 23.2 Å². The molecule has 28 heavy (non-hydrogen) atoms. The average molecular weight is 435 g/mol. The molecule has 0 unspecified atom stereocenters. The topological polar surface area (TPSA) is 66.5 Å². The fourth-order valence-electron chi connectivity index (χ4n) is 2.54. The Hall–Kier alpha value is -2.54. The smallest absolute Gasteiger partial charge is 0.264 e. The second-order valence-electron chi connectivity index (χ2n) is 5.91. The van der Waals surface area contributed by atoms with E-state index >= 15 is 0 Å². The number of amides is 1. The summed E-state index contributed by atoms with van der Waals surface area (Å²) in [7, 11) is -2.35. The van der Waals surface area contributed by atoms with Gasteiger partial charge in [-0.2, -0.15) is 0 Å². The van der Waals surface area contributed by atoms with Gasteiger partial charge in [0.2, 0.25) is 0 Å². The number of carbonyl (C=O) groups excluding carboxylic acids is 1. The number of carbonyl (C=O) groups is 1. The summed E-state index contributed by atoms with van der Waals surface area (Å²) in [5.41, 5.74) is 0.961. The van der Waals surface area contributed by atoms with Crippen LogP contribution in [0.25, 0.3) is 0 Å². The first-order valence-electron chi connectivity index (χ1n) is 8.19. The van der Waals surface area contributed by atoms with Crippen molar-refractivity contribution in [2.45, 2.75) is 4.90 Å². The van der Waals surface area contributed by atoms with Crippen LogP contribution in [0.4, 0.5) is 11.4 Å². The highest BCUT2D eigenvalue weighted by Crippen LogP contribution is 2.27. The van der Waals surface area contributed by atoms with Crippen molar-refractivity contribution >= 4 is 50.5 Å². The normalized spacial score (nSPS) is 11.1. The maximum absolute atomic E-state index is 12.8. The van der Waals surface area contributed by atoms with Crippen LogP contribution in [0, 0.1) is 0 Å². The molecule has 3 rings (SSSR count). The third-order valence-electron chi connectivity index (χ3n) is 4.04.